The molecular formula is C11H21NO2. The number of aliphatic hydroxyl groups is 2. The van der Waals surface area contributed by atoms with Crippen LogP contribution in [0.2, 0.25) is 0 Å². The molecule has 1 saturated carbocycles. The molecule has 5 unspecified atom stereocenters. The van der Waals surface area contributed by atoms with Crippen LogP contribution in [0.15, 0.2) is 0 Å². The Morgan fingerprint density at radius 2 is 1.93 bits per heavy atom. The summed E-state index contributed by atoms with van der Waals surface area (Å²) in [4.78, 5) is 2.26. The van der Waals surface area contributed by atoms with Crippen LogP contribution in [-0.4, -0.2) is 47.0 Å². The summed E-state index contributed by atoms with van der Waals surface area (Å²) < 4.78 is 0. The van der Waals surface area contributed by atoms with Crippen LogP contribution in [0.1, 0.15) is 20.3 Å². The molecule has 1 aliphatic carbocycles. The first-order valence-corrected chi connectivity index (χ1v) is 5.54. The van der Waals surface area contributed by atoms with E-state index < -0.39 is 5.60 Å². The summed E-state index contributed by atoms with van der Waals surface area (Å²) in [6, 6.07) is 0. The highest BCUT2D eigenvalue weighted by atomic mass is 16.3. The van der Waals surface area contributed by atoms with E-state index >= 15 is 0 Å². The minimum atomic E-state index is -0.620. The summed E-state index contributed by atoms with van der Waals surface area (Å²) in [7, 11) is 2.09. The van der Waals surface area contributed by atoms with Crippen LogP contribution in [-0.2, 0) is 0 Å². The molecule has 2 N–H and O–H groups in total. The van der Waals surface area contributed by atoms with Crippen molar-refractivity contribution in [2.75, 3.05) is 20.1 Å². The van der Waals surface area contributed by atoms with Gasteiger partial charge in [0.05, 0.1) is 11.7 Å². The third kappa shape index (κ3) is 1.30. The van der Waals surface area contributed by atoms with Crippen LogP contribution in [0.5, 0.6) is 0 Å². The Balaban J connectivity index is 2.25. The molecule has 1 saturated heterocycles. The van der Waals surface area contributed by atoms with Gasteiger partial charge in [-0.15, -0.1) is 0 Å². The van der Waals surface area contributed by atoms with E-state index in [9.17, 15) is 10.2 Å². The zero-order chi connectivity index (χ0) is 10.5. The van der Waals surface area contributed by atoms with Crippen molar-refractivity contribution >= 4 is 0 Å². The van der Waals surface area contributed by atoms with E-state index in [1.807, 2.05) is 0 Å². The lowest BCUT2D eigenvalue weighted by atomic mass is 9.74. The van der Waals surface area contributed by atoms with Gasteiger partial charge in [-0.1, -0.05) is 13.8 Å². The summed E-state index contributed by atoms with van der Waals surface area (Å²) >= 11 is 0. The van der Waals surface area contributed by atoms with Crippen molar-refractivity contribution in [3.05, 3.63) is 0 Å². The van der Waals surface area contributed by atoms with Gasteiger partial charge in [-0.2, -0.15) is 0 Å². The first-order valence-electron chi connectivity index (χ1n) is 5.54. The molecule has 82 valence electrons. The summed E-state index contributed by atoms with van der Waals surface area (Å²) in [6.07, 6.45) is 0.243. The molecule has 0 bridgehead atoms. The number of fused-ring (bicyclic) bond motifs is 1. The molecule has 5 atom stereocenters. The van der Waals surface area contributed by atoms with Gasteiger partial charge in [-0.05, 0) is 18.9 Å². The largest absolute Gasteiger partial charge is 0.393 e. The van der Waals surface area contributed by atoms with Crippen molar-refractivity contribution in [1.82, 2.24) is 4.90 Å². The molecule has 1 aliphatic heterocycles. The van der Waals surface area contributed by atoms with E-state index in [1.54, 1.807) is 0 Å². The van der Waals surface area contributed by atoms with Crippen molar-refractivity contribution < 1.29 is 10.2 Å². The normalized spacial score (nSPS) is 54.6. The van der Waals surface area contributed by atoms with Crippen LogP contribution in [0.3, 0.4) is 0 Å². The number of hydrogen-bond donors (Lipinski definition) is 2. The van der Waals surface area contributed by atoms with Gasteiger partial charge in [0.2, 0.25) is 0 Å². The standard InChI is InChI=1S/C11H21NO2/c1-7-5-12(3)6-9-8(2)10(13)4-11(7,9)14/h7-10,13-14H,4-6H2,1-3H3. The second kappa shape index (κ2) is 3.19. The molecule has 0 aromatic carbocycles. The van der Waals surface area contributed by atoms with E-state index in [0.29, 0.717) is 6.42 Å². The Hall–Kier alpha value is -0.120. The van der Waals surface area contributed by atoms with Gasteiger partial charge in [0.25, 0.3) is 0 Å². The Morgan fingerprint density at radius 1 is 1.29 bits per heavy atom. The maximum Gasteiger partial charge on any atom is 0.0753 e. The third-order valence-corrected chi connectivity index (χ3v) is 4.37. The fourth-order valence-electron chi connectivity index (χ4n) is 3.32. The maximum atomic E-state index is 10.6. The highest BCUT2D eigenvalue weighted by molar-refractivity contribution is 5.06. The molecule has 0 aromatic heterocycles. The molecular weight excluding hydrogens is 178 g/mol. The average molecular weight is 199 g/mol. The maximum absolute atomic E-state index is 10.6. The van der Waals surface area contributed by atoms with Crippen LogP contribution < -0.4 is 0 Å². The molecule has 2 aliphatic rings. The number of aliphatic hydroxyl groups excluding tert-OH is 1. The molecule has 3 nitrogen and oxygen atoms in total. The van der Waals surface area contributed by atoms with Crippen LogP contribution >= 0.6 is 0 Å². The lowest BCUT2D eigenvalue weighted by Crippen LogP contribution is -2.54. The van der Waals surface area contributed by atoms with Crippen LogP contribution in [0, 0.1) is 17.8 Å². The van der Waals surface area contributed by atoms with Gasteiger partial charge in [0.1, 0.15) is 0 Å². The highest BCUT2D eigenvalue weighted by Crippen LogP contribution is 2.47. The molecule has 14 heavy (non-hydrogen) atoms. The van der Waals surface area contributed by atoms with E-state index in [-0.39, 0.29) is 23.9 Å². The molecule has 0 aromatic rings. The van der Waals surface area contributed by atoms with E-state index in [4.69, 9.17) is 0 Å². The summed E-state index contributed by atoms with van der Waals surface area (Å²) in [5, 5.41) is 20.4. The van der Waals surface area contributed by atoms with E-state index in [2.05, 4.69) is 25.8 Å². The van der Waals surface area contributed by atoms with Gasteiger partial charge in [0.15, 0.2) is 0 Å². The smallest absolute Gasteiger partial charge is 0.0753 e. The Labute approximate surface area is 85.7 Å². The molecule has 0 spiro atoms. The van der Waals surface area contributed by atoms with E-state index in [0.717, 1.165) is 13.1 Å². The molecule has 0 radical (unpaired) electrons. The summed E-state index contributed by atoms with van der Waals surface area (Å²) in [5.41, 5.74) is -0.620. The van der Waals surface area contributed by atoms with Gasteiger partial charge in [0, 0.05) is 25.4 Å². The van der Waals surface area contributed by atoms with E-state index in [1.165, 1.54) is 0 Å². The molecule has 3 heteroatoms. The SMILES string of the molecule is CC1C(O)CC2(O)C(C)CN(C)CC12. The zero-order valence-corrected chi connectivity index (χ0v) is 9.27. The first kappa shape index (κ1) is 10.4. The lowest BCUT2D eigenvalue weighted by molar-refractivity contribution is -0.0967. The number of nitrogens with zero attached hydrogens (tertiary/aromatic N) is 1. The average Bonchev–Trinajstić information content (AvgIpc) is 2.30. The second-order valence-corrected chi connectivity index (χ2v) is 5.35. The fraction of sp³-hybridized carbons (Fsp3) is 1.00. The van der Waals surface area contributed by atoms with Crippen molar-refractivity contribution in [2.24, 2.45) is 17.8 Å². The van der Waals surface area contributed by atoms with Crippen LogP contribution in [0.25, 0.3) is 0 Å². The molecule has 0 amide bonds. The summed E-state index contributed by atoms with van der Waals surface area (Å²) in [5.74, 6) is 0.738. The summed E-state index contributed by atoms with van der Waals surface area (Å²) in [6.45, 7) is 6.00. The predicted molar refractivity (Wildman–Crippen MR) is 54.9 cm³/mol. The second-order valence-electron chi connectivity index (χ2n) is 5.35. The van der Waals surface area contributed by atoms with Gasteiger partial charge in [-0.25, -0.2) is 0 Å². The Morgan fingerprint density at radius 3 is 2.57 bits per heavy atom. The minimum Gasteiger partial charge on any atom is -0.393 e. The van der Waals surface area contributed by atoms with Gasteiger partial charge in [-0.3, -0.25) is 0 Å². The van der Waals surface area contributed by atoms with Crippen molar-refractivity contribution in [2.45, 2.75) is 32.0 Å². The highest BCUT2D eigenvalue weighted by Gasteiger charge is 2.55. The van der Waals surface area contributed by atoms with Gasteiger partial charge >= 0.3 is 0 Å². The number of hydrogen-bond acceptors (Lipinski definition) is 3. The molecule has 1 heterocycles. The number of piperidine rings is 1. The third-order valence-electron chi connectivity index (χ3n) is 4.37. The quantitative estimate of drug-likeness (QED) is 0.590. The van der Waals surface area contributed by atoms with Crippen molar-refractivity contribution in [1.29, 1.82) is 0 Å². The van der Waals surface area contributed by atoms with Crippen LogP contribution in [0.4, 0.5) is 0 Å². The number of rotatable bonds is 0. The molecule has 2 rings (SSSR count). The Kier molecular flexibility index (Phi) is 2.37. The van der Waals surface area contributed by atoms with Gasteiger partial charge < -0.3 is 15.1 Å². The van der Waals surface area contributed by atoms with Crippen molar-refractivity contribution in [3.8, 4) is 0 Å². The Bertz CT molecular complexity index is 233. The minimum absolute atomic E-state index is 0.227. The number of likely N-dealkylation sites (tertiary alicyclic amines) is 1. The topological polar surface area (TPSA) is 43.7 Å². The first-order chi connectivity index (χ1) is 6.45. The fourth-order valence-corrected chi connectivity index (χ4v) is 3.32. The molecule has 2 fully saturated rings. The lowest BCUT2D eigenvalue weighted by Gasteiger charge is -2.45. The monoisotopic (exact) mass is 199 g/mol. The predicted octanol–water partition coefficient (Wildman–Crippen LogP) is 0.316. The zero-order valence-electron chi connectivity index (χ0n) is 9.27. The van der Waals surface area contributed by atoms with Crippen molar-refractivity contribution in [3.63, 3.8) is 0 Å².